The highest BCUT2D eigenvalue weighted by Gasteiger charge is 2.24. The Morgan fingerprint density at radius 1 is 1.35 bits per heavy atom. The predicted octanol–water partition coefficient (Wildman–Crippen LogP) is 1.09. The van der Waals surface area contributed by atoms with Crippen LogP contribution < -0.4 is 4.72 Å². The predicted molar refractivity (Wildman–Crippen MR) is 84.7 cm³/mol. The Hall–Kier alpha value is -2.29. The van der Waals surface area contributed by atoms with E-state index in [-0.39, 0.29) is 22.3 Å². The molecular weight excluding hydrogens is 318 g/mol. The molecule has 1 saturated heterocycles. The first-order valence-electron chi connectivity index (χ1n) is 7.37. The number of nitrogens with zero attached hydrogens (tertiary/aromatic N) is 3. The Bertz CT molecular complexity index is 830. The Morgan fingerprint density at radius 3 is 2.65 bits per heavy atom. The molecule has 1 amide bonds. The summed E-state index contributed by atoms with van der Waals surface area (Å²) in [5, 5.41) is 4.07. The zero-order valence-corrected chi connectivity index (χ0v) is 13.9. The molecule has 1 aliphatic rings. The lowest BCUT2D eigenvalue weighted by Crippen LogP contribution is -2.27. The Labute approximate surface area is 134 Å². The number of aromatic amines is 1. The second kappa shape index (κ2) is 5.73. The highest BCUT2D eigenvalue weighted by atomic mass is 32.2. The van der Waals surface area contributed by atoms with E-state index in [9.17, 15) is 13.2 Å². The van der Waals surface area contributed by atoms with Gasteiger partial charge in [0.1, 0.15) is 10.6 Å². The molecule has 124 valence electrons. The molecule has 3 heterocycles. The van der Waals surface area contributed by atoms with Crippen molar-refractivity contribution in [3.63, 3.8) is 0 Å². The molecule has 0 unspecified atom stereocenters. The lowest BCUT2D eigenvalue weighted by atomic mass is 10.4. The number of aromatic nitrogens is 3. The summed E-state index contributed by atoms with van der Waals surface area (Å²) >= 11 is 0. The molecule has 3 rings (SSSR count). The summed E-state index contributed by atoms with van der Waals surface area (Å²) in [6.07, 6.45) is 5.01. The smallest absolute Gasteiger partial charge is 0.270 e. The number of carbonyl (C=O) groups is 1. The quantitative estimate of drug-likeness (QED) is 0.872. The highest BCUT2D eigenvalue weighted by Crippen LogP contribution is 2.20. The first-order valence-corrected chi connectivity index (χ1v) is 8.86. The van der Waals surface area contributed by atoms with Gasteiger partial charge >= 0.3 is 0 Å². The van der Waals surface area contributed by atoms with E-state index in [1.807, 2.05) is 0 Å². The molecule has 2 N–H and O–H groups in total. The molecule has 1 aliphatic heterocycles. The molecule has 9 heteroatoms. The van der Waals surface area contributed by atoms with Crippen molar-refractivity contribution >= 4 is 21.7 Å². The number of nitrogens with one attached hydrogen (secondary N) is 2. The number of aryl methyl sites for hydroxylation is 2. The van der Waals surface area contributed by atoms with Crippen LogP contribution in [0.2, 0.25) is 0 Å². The van der Waals surface area contributed by atoms with E-state index < -0.39 is 10.0 Å². The van der Waals surface area contributed by atoms with Crippen LogP contribution in [-0.2, 0) is 17.1 Å². The van der Waals surface area contributed by atoms with Gasteiger partial charge in [-0.15, -0.1) is 0 Å². The van der Waals surface area contributed by atoms with Gasteiger partial charge in [-0.3, -0.25) is 14.2 Å². The molecule has 0 aromatic carbocycles. The van der Waals surface area contributed by atoms with Crippen molar-refractivity contribution in [2.75, 3.05) is 17.8 Å². The van der Waals surface area contributed by atoms with Gasteiger partial charge in [0.25, 0.3) is 15.9 Å². The van der Waals surface area contributed by atoms with Crippen LogP contribution in [0.5, 0.6) is 0 Å². The fourth-order valence-corrected chi connectivity index (χ4v) is 3.70. The summed E-state index contributed by atoms with van der Waals surface area (Å²) in [5.74, 6) is 0.110. The third-order valence-electron chi connectivity index (χ3n) is 3.83. The number of H-pyrrole nitrogens is 1. The third kappa shape index (κ3) is 3.09. The van der Waals surface area contributed by atoms with E-state index in [0.717, 1.165) is 18.4 Å². The molecule has 0 bridgehead atoms. The van der Waals surface area contributed by atoms with Gasteiger partial charge in [0.15, 0.2) is 5.82 Å². The number of rotatable bonds is 4. The van der Waals surface area contributed by atoms with Crippen LogP contribution >= 0.6 is 0 Å². The van der Waals surface area contributed by atoms with E-state index in [2.05, 4.69) is 14.8 Å². The van der Waals surface area contributed by atoms with Gasteiger partial charge in [0, 0.05) is 38.1 Å². The lowest BCUT2D eigenvalue weighted by molar-refractivity contribution is 0.0787. The van der Waals surface area contributed by atoms with Crippen LogP contribution in [0, 0.1) is 6.92 Å². The standard InChI is InChI=1S/C14H19N5O3S/c1-10-9-18(2)16-13(10)17-23(21,22)11-7-12(15-8-11)14(20)19-5-3-4-6-19/h7-9,15H,3-6H2,1-2H3,(H,16,17). The van der Waals surface area contributed by atoms with Crippen molar-refractivity contribution < 1.29 is 13.2 Å². The monoisotopic (exact) mass is 337 g/mol. The molecule has 0 aliphatic carbocycles. The maximum Gasteiger partial charge on any atom is 0.270 e. The SMILES string of the molecule is Cc1cn(C)nc1NS(=O)(=O)c1c[nH]c(C(=O)N2CCCC2)c1. The minimum absolute atomic E-state index is 0.0186. The molecule has 8 nitrogen and oxygen atoms in total. The molecular formula is C14H19N5O3S. The number of hydrogen-bond donors (Lipinski definition) is 2. The van der Waals surface area contributed by atoms with Crippen molar-refractivity contribution in [1.82, 2.24) is 19.7 Å². The molecule has 0 radical (unpaired) electrons. The Kier molecular flexibility index (Phi) is 3.88. The molecule has 0 atom stereocenters. The highest BCUT2D eigenvalue weighted by molar-refractivity contribution is 7.92. The normalized spacial score (nSPS) is 15.1. The number of sulfonamides is 1. The number of likely N-dealkylation sites (tertiary alicyclic amines) is 1. The van der Waals surface area contributed by atoms with Gasteiger partial charge in [0.05, 0.1) is 0 Å². The summed E-state index contributed by atoms with van der Waals surface area (Å²) in [7, 11) is -2.07. The lowest BCUT2D eigenvalue weighted by Gasteiger charge is -2.13. The number of carbonyl (C=O) groups excluding carboxylic acids is 1. The minimum atomic E-state index is -3.79. The Balaban J connectivity index is 1.81. The number of amides is 1. The second-order valence-corrected chi connectivity index (χ2v) is 7.37. The fraction of sp³-hybridized carbons (Fsp3) is 0.429. The van der Waals surface area contributed by atoms with Crippen LogP contribution in [0.1, 0.15) is 28.9 Å². The minimum Gasteiger partial charge on any atom is -0.356 e. The zero-order chi connectivity index (χ0) is 16.6. The van der Waals surface area contributed by atoms with Crippen LogP contribution in [-0.4, -0.2) is 47.1 Å². The van der Waals surface area contributed by atoms with Crippen molar-refractivity contribution in [2.45, 2.75) is 24.7 Å². The summed E-state index contributed by atoms with van der Waals surface area (Å²) < 4.78 is 28.8. The average Bonchev–Trinajstić information content (AvgIpc) is 3.20. The maximum atomic E-state index is 12.4. The number of anilines is 1. The summed E-state index contributed by atoms with van der Waals surface area (Å²) in [4.78, 5) is 16.8. The van der Waals surface area contributed by atoms with Crippen molar-refractivity contribution in [3.05, 3.63) is 29.7 Å². The van der Waals surface area contributed by atoms with Crippen molar-refractivity contribution in [3.8, 4) is 0 Å². The molecule has 1 fully saturated rings. The van der Waals surface area contributed by atoms with Crippen LogP contribution in [0.25, 0.3) is 0 Å². The molecule has 2 aromatic heterocycles. The Morgan fingerprint density at radius 2 is 2.04 bits per heavy atom. The van der Waals surface area contributed by atoms with E-state index in [0.29, 0.717) is 13.1 Å². The van der Waals surface area contributed by atoms with Crippen LogP contribution in [0.15, 0.2) is 23.4 Å². The van der Waals surface area contributed by atoms with Gasteiger partial charge in [-0.2, -0.15) is 5.10 Å². The molecule has 0 saturated carbocycles. The summed E-state index contributed by atoms with van der Waals surface area (Å²) in [6.45, 7) is 3.20. The van der Waals surface area contributed by atoms with Crippen LogP contribution in [0.3, 0.4) is 0 Å². The largest absolute Gasteiger partial charge is 0.356 e. The molecule has 2 aromatic rings. The fourth-order valence-electron chi connectivity index (χ4n) is 2.64. The first-order chi connectivity index (χ1) is 10.9. The van der Waals surface area contributed by atoms with Crippen LogP contribution in [0.4, 0.5) is 5.82 Å². The average molecular weight is 337 g/mol. The van der Waals surface area contributed by atoms with Gasteiger partial charge in [-0.1, -0.05) is 0 Å². The zero-order valence-electron chi connectivity index (χ0n) is 13.0. The van der Waals surface area contributed by atoms with E-state index >= 15 is 0 Å². The van der Waals surface area contributed by atoms with Gasteiger partial charge in [-0.25, -0.2) is 8.42 Å². The van der Waals surface area contributed by atoms with Gasteiger partial charge in [-0.05, 0) is 25.8 Å². The van der Waals surface area contributed by atoms with E-state index in [1.165, 1.54) is 16.9 Å². The summed E-state index contributed by atoms with van der Waals surface area (Å²) in [5.41, 5.74) is 1.00. The topological polar surface area (TPSA) is 100 Å². The van der Waals surface area contributed by atoms with Gasteiger partial charge < -0.3 is 9.88 Å². The maximum absolute atomic E-state index is 12.4. The van der Waals surface area contributed by atoms with E-state index in [1.54, 1.807) is 25.1 Å². The summed E-state index contributed by atoms with van der Waals surface area (Å²) in [6, 6.07) is 1.36. The van der Waals surface area contributed by atoms with Crippen molar-refractivity contribution in [1.29, 1.82) is 0 Å². The third-order valence-corrected chi connectivity index (χ3v) is 5.15. The second-order valence-electron chi connectivity index (χ2n) is 5.69. The van der Waals surface area contributed by atoms with Gasteiger partial charge in [0.2, 0.25) is 0 Å². The first kappa shape index (κ1) is 15.6. The number of hydrogen-bond acceptors (Lipinski definition) is 4. The molecule has 23 heavy (non-hydrogen) atoms. The van der Waals surface area contributed by atoms with Crippen molar-refractivity contribution in [2.24, 2.45) is 7.05 Å². The van der Waals surface area contributed by atoms with E-state index in [4.69, 9.17) is 0 Å². The molecule has 0 spiro atoms.